The van der Waals surface area contributed by atoms with Crippen molar-refractivity contribution < 1.29 is 4.74 Å². The van der Waals surface area contributed by atoms with Crippen LogP contribution >= 0.6 is 12.4 Å². The first-order valence-electron chi connectivity index (χ1n) is 7.03. The van der Waals surface area contributed by atoms with Crippen LogP contribution < -0.4 is 10.5 Å². The van der Waals surface area contributed by atoms with Crippen molar-refractivity contribution in [1.29, 1.82) is 0 Å². The van der Waals surface area contributed by atoms with Gasteiger partial charge in [-0.05, 0) is 24.0 Å². The van der Waals surface area contributed by atoms with Gasteiger partial charge in [0.15, 0.2) is 0 Å². The van der Waals surface area contributed by atoms with E-state index in [1.54, 1.807) is 7.11 Å². The van der Waals surface area contributed by atoms with E-state index in [1.165, 1.54) is 24.8 Å². The van der Waals surface area contributed by atoms with E-state index in [9.17, 15) is 0 Å². The Bertz CT molecular complexity index is 366. The number of ether oxygens (including phenoxy) is 1. The van der Waals surface area contributed by atoms with Crippen molar-refractivity contribution in [3.8, 4) is 5.75 Å². The Morgan fingerprint density at radius 1 is 1.21 bits per heavy atom. The first kappa shape index (κ1) is 18.3. The lowest BCUT2D eigenvalue weighted by atomic mass is 9.94. The molecule has 0 bridgehead atoms. The smallest absolute Gasteiger partial charge is 0.123 e. The van der Waals surface area contributed by atoms with Crippen molar-refractivity contribution in [2.45, 2.75) is 58.4 Å². The second-order valence-electron chi connectivity index (χ2n) is 5.26. The fourth-order valence-corrected chi connectivity index (χ4v) is 2.17. The molecule has 1 rings (SSSR count). The number of hydrogen-bond donors (Lipinski definition) is 1. The summed E-state index contributed by atoms with van der Waals surface area (Å²) < 4.78 is 5.43. The van der Waals surface area contributed by atoms with Crippen LogP contribution in [0.4, 0.5) is 0 Å². The van der Waals surface area contributed by atoms with Gasteiger partial charge < -0.3 is 10.5 Å². The van der Waals surface area contributed by atoms with Crippen molar-refractivity contribution in [3.05, 3.63) is 29.3 Å². The molecule has 1 atom stereocenters. The van der Waals surface area contributed by atoms with Crippen molar-refractivity contribution in [2.75, 3.05) is 7.11 Å². The van der Waals surface area contributed by atoms with Gasteiger partial charge in [-0.1, -0.05) is 52.2 Å². The molecule has 0 aliphatic heterocycles. The van der Waals surface area contributed by atoms with Gasteiger partial charge in [0.25, 0.3) is 0 Å². The zero-order valence-corrected chi connectivity index (χ0v) is 13.4. The number of halogens is 1. The molecule has 19 heavy (non-hydrogen) atoms. The van der Waals surface area contributed by atoms with Gasteiger partial charge in [0, 0.05) is 11.6 Å². The van der Waals surface area contributed by atoms with Gasteiger partial charge in [-0.25, -0.2) is 0 Å². The van der Waals surface area contributed by atoms with Gasteiger partial charge in [-0.2, -0.15) is 0 Å². The van der Waals surface area contributed by atoms with Crippen LogP contribution in [-0.4, -0.2) is 7.11 Å². The molecule has 0 aliphatic rings. The summed E-state index contributed by atoms with van der Waals surface area (Å²) in [5.74, 6) is 1.45. The van der Waals surface area contributed by atoms with Crippen LogP contribution in [0.25, 0.3) is 0 Å². The topological polar surface area (TPSA) is 35.2 Å². The number of unbranched alkanes of at least 4 members (excludes halogenated alkanes) is 2. The fourth-order valence-electron chi connectivity index (χ4n) is 2.17. The summed E-state index contributed by atoms with van der Waals surface area (Å²) in [5.41, 5.74) is 8.78. The van der Waals surface area contributed by atoms with Gasteiger partial charge in [0.1, 0.15) is 5.75 Å². The fraction of sp³-hybridized carbons (Fsp3) is 0.625. The van der Waals surface area contributed by atoms with Gasteiger partial charge in [0.2, 0.25) is 0 Å². The molecular formula is C16H28ClNO. The summed E-state index contributed by atoms with van der Waals surface area (Å²) in [7, 11) is 1.71. The van der Waals surface area contributed by atoms with Crippen LogP contribution in [0.3, 0.4) is 0 Å². The van der Waals surface area contributed by atoms with Crippen molar-refractivity contribution in [1.82, 2.24) is 0 Å². The molecule has 3 heteroatoms. The summed E-state index contributed by atoms with van der Waals surface area (Å²) in [6.45, 7) is 6.62. The minimum absolute atomic E-state index is 0. The molecule has 0 spiro atoms. The molecule has 2 nitrogen and oxygen atoms in total. The number of hydrogen-bond acceptors (Lipinski definition) is 2. The molecule has 0 fully saturated rings. The van der Waals surface area contributed by atoms with E-state index in [2.05, 4.69) is 32.9 Å². The third kappa shape index (κ3) is 5.42. The Morgan fingerprint density at radius 3 is 2.42 bits per heavy atom. The molecule has 1 aromatic carbocycles. The maximum absolute atomic E-state index is 6.30. The maximum atomic E-state index is 6.30. The monoisotopic (exact) mass is 285 g/mol. The standard InChI is InChI=1S/C16H27NO.ClH/c1-5-6-7-8-15(17)14-11-13(12(2)3)9-10-16(14)18-4;/h9-12,15H,5-8,17H2,1-4H3;1H/t15-;/m0./s1. The van der Waals surface area contributed by atoms with E-state index in [4.69, 9.17) is 10.5 Å². The maximum Gasteiger partial charge on any atom is 0.123 e. The zero-order chi connectivity index (χ0) is 13.5. The molecule has 0 aliphatic carbocycles. The summed E-state index contributed by atoms with van der Waals surface area (Å²) in [4.78, 5) is 0. The Hall–Kier alpha value is -0.730. The predicted octanol–water partition coefficient (Wildman–Crippen LogP) is 4.82. The molecule has 1 aromatic rings. The minimum atomic E-state index is 0. The second-order valence-corrected chi connectivity index (χ2v) is 5.26. The van der Waals surface area contributed by atoms with E-state index in [0.29, 0.717) is 5.92 Å². The molecule has 0 unspecified atom stereocenters. The molecule has 0 radical (unpaired) electrons. The Labute approximate surface area is 124 Å². The Kier molecular flexibility index (Phi) is 8.86. The first-order chi connectivity index (χ1) is 8.60. The molecular weight excluding hydrogens is 258 g/mol. The number of nitrogens with two attached hydrogens (primary N) is 1. The summed E-state index contributed by atoms with van der Waals surface area (Å²) >= 11 is 0. The second kappa shape index (κ2) is 9.22. The molecule has 0 aromatic heterocycles. The highest BCUT2D eigenvalue weighted by molar-refractivity contribution is 5.85. The molecule has 0 heterocycles. The van der Waals surface area contributed by atoms with Crippen molar-refractivity contribution in [3.63, 3.8) is 0 Å². The van der Waals surface area contributed by atoms with Gasteiger partial charge in [-0.3, -0.25) is 0 Å². The van der Waals surface area contributed by atoms with Crippen molar-refractivity contribution >= 4 is 12.4 Å². The predicted molar refractivity (Wildman–Crippen MR) is 85.4 cm³/mol. The summed E-state index contributed by atoms with van der Waals surface area (Å²) in [5, 5.41) is 0. The van der Waals surface area contributed by atoms with E-state index < -0.39 is 0 Å². The average molecular weight is 286 g/mol. The van der Waals surface area contributed by atoms with E-state index >= 15 is 0 Å². The van der Waals surface area contributed by atoms with E-state index in [1.807, 2.05) is 6.07 Å². The van der Waals surface area contributed by atoms with Gasteiger partial charge in [0.05, 0.1) is 7.11 Å². The lowest BCUT2D eigenvalue weighted by molar-refractivity contribution is 0.403. The largest absolute Gasteiger partial charge is 0.496 e. The van der Waals surface area contributed by atoms with Crippen molar-refractivity contribution in [2.24, 2.45) is 5.73 Å². The first-order valence-corrected chi connectivity index (χ1v) is 7.03. The van der Waals surface area contributed by atoms with E-state index in [0.717, 1.165) is 17.7 Å². The number of benzene rings is 1. The minimum Gasteiger partial charge on any atom is -0.496 e. The van der Waals surface area contributed by atoms with Gasteiger partial charge in [-0.15, -0.1) is 12.4 Å². The molecule has 110 valence electrons. The highest BCUT2D eigenvalue weighted by atomic mass is 35.5. The highest BCUT2D eigenvalue weighted by Crippen LogP contribution is 2.30. The normalized spacial score (nSPS) is 12.1. The average Bonchev–Trinajstić information content (AvgIpc) is 2.38. The molecule has 0 amide bonds. The summed E-state index contributed by atoms with van der Waals surface area (Å²) in [6.07, 6.45) is 4.70. The van der Waals surface area contributed by atoms with Crippen LogP contribution in [0.15, 0.2) is 18.2 Å². The van der Waals surface area contributed by atoms with Crippen LogP contribution in [0.1, 0.15) is 69.5 Å². The molecule has 0 saturated heterocycles. The number of rotatable bonds is 7. The highest BCUT2D eigenvalue weighted by Gasteiger charge is 2.13. The zero-order valence-electron chi connectivity index (χ0n) is 12.6. The lowest BCUT2D eigenvalue weighted by Crippen LogP contribution is -2.12. The SMILES string of the molecule is CCCCC[C@H](N)c1cc(C(C)C)ccc1OC.Cl. The number of methoxy groups -OCH3 is 1. The summed E-state index contributed by atoms with van der Waals surface area (Å²) in [6, 6.07) is 6.47. The molecule has 2 N–H and O–H groups in total. The third-order valence-corrected chi connectivity index (χ3v) is 3.44. The Balaban J connectivity index is 0.00000324. The van der Waals surface area contributed by atoms with Crippen LogP contribution in [0, 0.1) is 0 Å². The lowest BCUT2D eigenvalue weighted by Gasteiger charge is -2.18. The molecule has 0 saturated carbocycles. The Morgan fingerprint density at radius 2 is 1.89 bits per heavy atom. The third-order valence-electron chi connectivity index (χ3n) is 3.44. The quantitative estimate of drug-likeness (QED) is 0.729. The van der Waals surface area contributed by atoms with Gasteiger partial charge >= 0.3 is 0 Å². The van der Waals surface area contributed by atoms with Crippen LogP contribution in [0.2, 0.25) is 0 Å². The van der Waals surface area contributed by atoms with Crippen LogP contribution in [0.5, 0.6) is 5.75 Å². The van der Waals surface area contributed by atoms with E-state index in [-0.39, 0.29) is 18.4 Å². The van der Waals surface area contributed by atoms with Crippen LogP contribution in [-0.2, 0) is 0 Å².